The van der Waals surface area contributed by atoms with Gasteiger partial charge in [-0.05, 0) is 37.0 Å². The standard InChI is InChI=1S/C19H26N4O4S2/c1-14-4-3-5-16(10-14)27-8-7-20-18(24)12-28-19-22-21-17(23(19)2)11-15-6-9-29(25,26)13-15/h3-5,10,15H,6-9,11-13H2,1-2H3,(H,20,24). The lowest BCUT2D eigenvalue weighted by Crippen LogP contribution is -2.29. The minimum Gasteiger partial charge on any atom is -0.492 e. The summed E-state index contributed by atoms with van der Waals surface area (Å²) in [5.41, 5.74) is 1.13. The molecule has 0 aliphatic carbocycles. The van der Waals surface area contributed by atoms with Crippen molar-refractivity contribution in [3.63, 3.8) is 0 Å². The van der Waals surface area contributed by atoms with Crippen molar-refractivity contribution in [1.82, 2.24) is 20.1 Å². The van der Waals surface area contributed by atoms with E-state index in [0.29, 0.717) is 31.1 Å². The Kier molecular flexibility index (Phi) is 7.18. The lowest BCUT2D eigenvalue weighted by atomic mass is 10.1. The van der Waals surface area contributed by atoms with Crippen molar-refractivity contribution in [3.8, 4) is 5.75 Å². The Bertz CT molecular complexity index is 959. The Morgan fingerprint density at radius 3 is 2.93 bits per heavy atom. The number of benzene rings is 1. The summed E-state index contributed by atoms with van der Waals surface area (Å²) in [6.45, 7) is 2.82. The van der Waals surface area contributed by atoms with Crippen LogP contribution in [0.4, 0.5) is 0 Å². The van der Waals surface area contributed by atoms with Gasteiger partial charge in [0.2, 0.25) is 5.91 Å². The zero-order valence-electron chi connectivity index (χ0n) is 16.6. The smallest absolute Gasteiger partial charge is 0.230 e. The molecule has 0 spiro atoms. The molecule has 8 nitrogen and oxygen atoms in total. The van der Waals surface area contributed by atoms with Crippen molar-refractivity contribution in [1.29, 1.82) is 0 Å². The fourth-order valence-corrected chi connectivity index (χ4v) is 5.81. The molecule has 1 unspecified atom stereocenters. The molecule has 1 aliphatic rings. The summed E-state index contributed by atoms with van der Waals surface area (Å²) in [5.74, 6) is 2.23. The third-order valence-electron chi connectivity index (χ3n) is 4.74. The highest BCUT2D eigenvalue weighted by atomic mass is 32.2. The molecule has 0 bridgehead atoms. The fourth-order valence-electron chi connectivity index (χ4n) is 3.19. The Morgan fingerprint density at radius 1 is 1.38 bits per heavy atom. The summed E-state index contributed by atoms with van der Waals surface area (Å²) in [4.78, 5) is 12.0. The van der Waals surface area contributed by atoms with Crippen molar-refractivity contribution in [2.24, 2.45) is 13.0 Å². The van der Waals surface area contributed by atoms with Crippen molar-refractivity contribution in [2.75, 3.05) is 30.4 Å². The van der Waals surface area contributed by atoms with Crippen LogP contribution in [0.15, 0.2) is 29.4 Å². The average molecular weight is 439 g/mol. The molecular weight excluding hydrogens is 412 g/mol. The van der Waals surface area contributed by atoms with Crippen LogP contribution in [0.3, 0.4) is 0 Å². The van der Waals surface area contributed by atoms with Gasteiger partial charge in [0.15, 0.2) is 15.0 Å². The minimum atomic E-state index is -2.90. The Morgan fingerprint density at radius 2 is 2.21 bits per heavy atom. The minimum absolute atomic E-state index is 0.0949. The van der Waals surface area contributed by atoms with E-state index in [9.17, 15) is 13.2 Å². The number of sulfone groups is 1. The van der Waals surface area contributed by atoms with E-state index in [1.54, 1.807) is 0 Å². The van der Waals surface area contributed by atoms with Gasteiger partial charge in [-0.15, -0.1) is 10.2 Å². The zero-order valence-corrected chi connectivity index (χ0v) is 18.3. The van der Waals surface area contributed by atoms with Crippen molar-refractivity contribution >= 4 is 27.5 Å². The molecule has 0 saturated carbocycles. The van der Waals surface area contributed by atoms with E-state index in [2.05, 4.69) is 15.5 Å². The predicted molar refractivity (Wildman–Crippen MR) is 112 cm³/mol. The first-order valence-electron chi connectivity index (χ1n) is 9.50. The first-order valence-corrected chi connectivity index (χ1v) is 12.3. The van der Waals surface area contributed by atoms with Gasteiger partial charge >= 0.3 is 0 Å². The third-order valence-corrected chi connectivity index (χ3v) is 7.60. The van der Waals surface area contributed by atoms with Crippen LogP contribution in [0.25, 0.3) is 0 Å². The van der Waals surface area contributed by atoms with E-state index >= 15 is 0 Å². The Hall–Kier alpha value is -2.07. The Balaban J connectivity index is 1.38. The van der Waals surface area contributed by atoms with E-state index in [4.69, 9.17) is 4.74 Å². The van der Waals surface area contributed by atoms with E-state index in [0.717, 1.165) is 17.1 Å². The lowest BCUT2D eigenvalue weighted by molar-refractivity contribution is -0.118. The normalized spacial score (nSPS) is 17.9. The van der Waals surface area contributed by atoms with Gasteiger partial charge in [-0.2, -0.15) is 0 Å². The number of ether oxygens (including phenoxy) is 1. The third kappa shape index (κ3) is 6.46. The maximum Gasteiger partial charge on any atom is 0.230 e. The number of rotatable bonds is 9. The first-order chi connectivity index (χ1) is 13.8. The molecule has 1 amide bonds. The molecule has 158 valence electrons. The number of amides is 1. The second-order valence-electron chi connectivity index (χ2n) is 7.23. The van der Waals surface area contributed by atoms with Gasteiger partial charge in [0.25, 0.3) is 0 Å². The van der Waals surface area contributed by atoms with Gasteiger partial charge in [-0.3, -0.25) is 4.79 Å². The molecular formula is C19H26N4O4S2. The van der Waals surface area contributed by atoms with Gasteiger partial charge in [0, 0.05) is 13.5 Å². The molecule has 1 N–H and O–H groups in total. The number of carbonyl (C=O) groups is 1. The van der Waals surface area contributed by atoms with E-state index < -0.39 is 9.84 Å². The topological polar surface area (TPSA) is 103 Å². The molecule has 10 heteroatoms. The molecule has 0 radical (unpaired) electrons. The quantitative estimate of drug-likeness (QED) is 0.466. The van der Waals surface area contributed by atoms with Gasteiger partial charge in [-0.1, -0.05) is 23.9 Å². The summed E-state index contributed by atoms with van der Waals surface area (Å²) >= 11 is 1.31. The lowest BCUT2D eigenvalue weighted by Gasteiger charge is -2.09. The summed E-state index contributed by atoms with van der Waals surface area (Å²) in [5, 5.41) is 11.8. The Labute approximate surface area is 175 Å². The molecule has 1 aliphatic heterocycles. The number of thioether (sulfide) groups is 1. The number of aryl methyl sites for hydroxylation is 1. The van der Waals surface area contributed by atoms with Crippen molar-refractivity contribution in [3.05, 3.63) is 35.7 Å². The highest BCUT2D eigenvalue weighted by molar-refractivity contribution is 7.99. The van der Waals surface area contributed by atoms with E-state index in [1.165, 1.54) is 11.8 Å². The van der Waals surface area contributed by atoms with Gasteiger partial charge < -0.3 is 14.6 Å². The summed E-state index contributed by atoms with van der Waals surface area (Å²) in [6, 6.07) is 7.77. The zero-order chi connectivity index (χ0) is 20.9. The number of nitrogens with zero attached hydrogens (tertiary/aromatic N) is 3. The van der Waals surface area contributed by atoms with Crippen LogP contribution >= 0.6 is 11.8 Å². The molecule has 1 atom stereocenters. The highest BCUT2D eigenvalue weighted by Crippen LogP contribution is 2.23. The highest BCUT2D eigenvalue weighted by Gasteiger charge is 2.29. The molecule has 1 saturated heterocycles. The number of carbonyl (C=O) groups excluding carboxylic acids is 1. The molecule has 1 aromatic carbocycles. The van der Waals surface area contributed by atoms with Gasteiger partial charge in [-0.25, -0.2) is 8.42 Å². The van der Waals surface area contributed by atoms with Crippen LogP contribution in [-0.4, -0.2) is 59.5 Å². The number of aromatic nitrogens is 3. The van der Waals surface area contributed by atoms with Crippen LogP contribution in [-0.2, 0) is 28.1 Å². The molecule has 2 aromatic rings. The van der Waals surface area contributed by atoms with Crippen LogP contribution < -0.4 is 10.1 Å². The van der Waals surface area contributed by atoms with Gasteiger partial charge in [0.05, 0.1) is 23.8 Å². The second-order valence-corrected chi connectivity index (χ2v) is 10.4. The predicted octanol–water partition coefficient (Wildman–Crippen LogP) is 1.39. The SMILES string of the molecule is Cc1cccc(OCCNC(=O)CSc2nnc(CC3CCS(=O)(=O)C3)n2C)c1. The monoisotopic (exact) mass is 438 g/mol. The number of nitrogens with one attached hydrogen (secondary N) is 1. The summed E-state index contributed by atoms with van der Waals surface area (Å²) in [7, 11) is -1.06. The summed E-state index contributed by atoms with van der Waals surface area (Å²) in [6.07, 6.45) is 1.26. The van der Waals surface area contributed by atoms with E-state index in [1.807, 2.05) is 42.8 Å². The largest absolute Gasteiger partial charge is 0.492 e. The number of hydrogen-bond donors (Lipinski definition) is 1. The van der Waals surface area contributed by atoms with Crippen LogP contribution in [0.5, 0.6) is 5.75 Å². The summed E-state index contributed by atoms with van der Waals surface area (Å²) < 4.78 is 30.7. The first kappa shape index (κ1) is 21.6. The van der Waals surface area contributed by atoms with Crippen LogP contribution in [0, 0.1) is 12.8 Å². The molecule has 29 heavy (non-hydrogen) atoms. The molecule has 2 heterocycles. The second kappa shape index (κ2) is 9.62. The van der Waals surface area contributed by atoms with Crippen LogP contribution in [0.1, 0.15) is 17.8 Å². The van der Waals surface area contributed by atoms with Crippen molar-refractivity contribution in [2.45, 2.75) is 24.9 Å². The molecule has 1 aromatic heterocycles. The van der Waals surface area contributed by atoms with Crippen LogP contribution in [0.2, 0.25) is 0 Å². The van der Waals surface area contributed by atoms with E-state index in [-0.39, 0.29) is 29.1 Å². The van der Waals surface area contributed by atoms with Gasteiger partial charge in [0.1, 0.15) is 18.2 Å². The maximum absolute atomic E-state index is 12.0. The maximum atomic E-state index is 12.0. The molecule has 1 fully saturated rings. The average Bonchev–Trinajstić information content (AvgIpc) is 3.19. The fraction of sp³-hybridized carbons (Fsp3) is 0.526. The number of hydrogen-bond acceptors (Lipinski definition) is 7. The van der Waals surface area contributed by atoms with Crippen molar-refractivity contribution < 1.29 is 17.9 Å². The molecule has 3 rings (SSSR count).